The molecule has 1 aliphatic carbocycles. The first-order valence-electron chi connectivity index (χ1n) is 6.38. The third-order valence-corrected chi connectivity index (χ3v) is 4.23. The fourth-order valence-electron chi connectivity index (χ4n) is 2.61. The molecular weight excluding hydrogens is 253 g/mol. The Morgan fingerprint density at radius 2 is 1.88 bits per heavy atom. The van der Waals surface area contributed by atoms with Crippen LogP contribution in [-0.2, 0) is 0 Å². The number of halogens is 2. The minimum Gasteiger partial charge on any atom is -0.381 e. The van der Waals surface area contributed by atoms with Gasteiger partial charge in [0.15, 0.2) is 0 Å². The monoisotopic (exact) mass is 271 g/mol. The van der Waals surface area contributed by atoms with E-state index in [0.717, 1.165) is 21.7 Å². The third kappa shape index (κ3) is 3.53. The highest BCUT2D eigenvalue weighted by Gasteiger charge is 2.20. The second kappa shape index (κ2) is 5.97. The van der Waals surface area contributed by atoms with Crippen LogP contribution in [0.25, 0.3) is 0 Å². The van der Waals surface area contributed by atoms with Crippen LogP contribution in [0.2, 0.25) is 10.0 Å². The molecule has 0 bridgehead atoms. The highest BCUT2D eigenvalue weighted by atomic mass is 35.5. The van der Waals surface area contributed by atoms with Gasteiger partial charge in [-0.2, -0.15) is 0 Å². The van der Waals surface area contributed by atoms with Crippen LogP contribution in [0.4, 0.5) is 5.69 Å². The molecule has 1 unspecified atom stereocenters. The van der Waals surface area contributed by atoms with Crippen LogP contribution < -0.4 is 5.32 Å². The topological polar surface area (TPSA) is 12.0 Å². The fraction of sp³-hybridized carbons (Fsp3) is 0.571. The second-order valence-electron chi connectivity index (χ2n) is 4.96. The van der Waals surface area contributed by atoms with Gasteiger partial charge in [0.25, 0.3) is 0 Å². The van der Waals surface area contributed by atoms with Gasteiger partial charge in [-0.15, -0.1) is 0 Å². The Balaban J connectivity index is 2.01. The Kier molecular flexibility index (Phi) is 4.58. The standard InChI is InChI=1S/C14H19Cl2N/c1-10(11-5-3-2-4-6-11)17-14-9-12(15)7-8-13(14)16/h7-11,17H,2-6H2,1H3. The van der Waals surface area contributed by atoms with Gasteiger partial charge in [-0.3, -0.25) is 0 Å². The lowest BCUT2D eigenvalue weighted by Gasteiger charge is -2.29. The van der Waals surface area contributed by atoms with Crippen molar-refractivity contribution in [3.05, 3.63) is 28.2 Å². The van der Waals surface area contributed by atoms with Gasteiger partial charge in [0.2, 0.25) is 0 Å². The number of rotatable bonds is 3. The molecule has 0 radical (unpaired) electrons. The van der Waals surface area contributed by atoms with E-state index in [1.54, 1.807) is 0 Å². The van der Waals surface area contributed by atoms with Crippen LogP contribution in [0, 0.1) is 5.92 Å². The average Bonchev–Trinajstić information content (AvgIpc) is 2.35. The molecular formula is C14H19Cl2N. The molecule has 0 aliphatic heterocycles. The lowest BCUT2D eigenvalue weighted by molar-refractivity contribution is 0.328. The molecule has 1 nitrogen and oxygen atoms in total. The summed E-state index contributed by atoms with van der Waals surface area (Å²) in [4.78, 5) is 0. The zero-order chi connectivity index (χ0) is 12.3. The van der Waals surface area contributed by atoms with Gasteiger partial charge in [-0.1, -0.05) is 42.5 Å². The van der Waals surface area contributed by atoms with E-state index in [-0.39, 0.29) is 0 Å². The highest BCUT2D eigenvalue weighted by molar-refractivity contribution is 6.35. The average molecular weight is 272 g/mol. The van der Waals surface area contributed by atoms with E-state index >= 15 is 0 Å². The molecule has 0 aromatic heterocycles. The van der Waals surface area contributed by atoms with Gasteiger partial charge in [-0.25, -0.2) is 0 Å². The van der Waals surface area contributed by atoms with Crippen molar-refractivity contribution in [2.24, 2.45) is 5.92 Å². The molecule has 1 saturated carbocycles. The molecule has 0 spiro atoms. The van der Waals surface area contributed by atoms with Gasteiger partial charge in [-0.05, 0) is 43.9 Å². The maximum atomic E-state index is 6.16. The van der Waals surface area contributed by atoms with E-state index < -0.39 is 0 Å². The summed E-state index contributed by atoms with van der Waals surface area (Å²) < 4.78 is 0. The predicted molar refractivity (Wildman–Crippen MR) is 76.1 cm³/mol. The van der Waals surface area contributed by atoms with Crippen molar-refractivity contribution in [2.45, 2.75) is 45.1 Å². The summed E-state index contributed by atoms with van der Waals surface area (Å²) in [5.74, 6) is 0.763. The number of anilines is 1. The van der Waals surface area contributed by atoms with Crippen molar-refractivity contribution in [2.75, 3.05) is 5.32 Å². The summed E-state index contributed by atoms with van der Waals surface area (Å²) in [7, 11) is 0. The van der Waals surface area contributed by atoms with Crippen molar-refractivity contribution in [3.8, 4) is 0 Å². The molecule has 94 valence electrons. The SMILES string of the molecule is CC(Nc1cc(Cl)ccc1Cl)C1CCCCC1. The fourth-order valence-corrected chi connectivity index (χ4v) is 2.95. The van der Waals surface area contributed by atoms with Crippen molar-refractivity contribution < 1.29 is 0 Å². The maximum Gasteiger partial charge on any atom is 0.0638 e. The first-order valence-corrected chi connectivity index (χ1v) is 7.14. The lowest BCUT2D eigenvalue weighted by atomic mass is 9.84. The van der Waals surface area contributed by atoms with E-state index in [1.165, 1.54) is 32.1 Å². The molecule has 1 aliphatic rings. The minimum absolute atomic E-state index is 0.464. The minimum atomic E-state index is 0.464. The summed E-state index contributed by atoms with van der Waals surface area (Å²) in [6.45, 7) is 2.24. The van der Waals surface area contributed by atoms with E-state index in [4.69, 9.17) is 23.2 Å². The molecule has 1 N–H and O–H groups in total. The molecule has 1 fully saturated rings. The van der Waals surface area contributed by atoms with Crippen molar-refractivity contribution in [1.29, 1.82) is 0 Å². The maximum absolute atomic E-state index is 6.16. The van der Waals surface area contributed by atoms with Crippen LogP contribution in [0.15, 0.2) is 18.2 Å². The summed E-state index contributed by atoms with van der Waals surface area (Å²) in [5.41, 5.74) is 0.956. The normalized spacial score (nSPS) is 19.0. The summed E-state index contributed by atoms with van der Waals surface area (Å²) in [5, 5.41) is 4.98. The summed E-state index contributed by atoms with van der Waals surface area (Å²) in [6, 6.07) is 6.04. The second-order valence-corrected chi connectivity index (χ2v) is 5.80. The number of benzene rings is 1. The first kappa shape index (κ1) is 13.0. The molecule has 3 heteroatoms. The Hall–Kier alpha value is -0.400. The molecule has 1 aromatic carbocycles. The highest BCUT2D eigenvalue weighted by Crippen LogP contribution is 2.31. The van der Waals surface area contributed by atoms with E-state index in [1.807, 2.05) is 18.2 Å². The largest absolute Gasteiger partial charge is 0.381 e. The van der Waals surface area contributed by atoms with E-state index in [0.29, 0.717) is 6.04 Å². The number of nitrogens with one attached hydrogen (secondary N) is 1. The van der Waals surface area contributed by atoms with Gasteiger partial charge in [0.1, 0.15) is 0 Å². The predicted octanol–water partition coefficient (Wildman–Crippen LogP) is 5.37. The van der Waals surface area contributed by atoms with Gasteiger partial charge in [0.05, 0.1) is 10.7 Å². The summed E-state index contributed by atoms with van der Waals surface area (Å²) in [6.07, 6.45) is 6.76. The first-order chi connectivity index (χ1) is 8.16. The quantitative estimate of drug-likeness (QED) is 0.779. The van der Waals surface area contributed by atoms with E-state index in [2.05, 4.69) is 12.2 Å². The van der Waals surface area contributed by atoms with Gasteiger partial charge < -0.3 is 5.32 Å². The molecule has 1 atom stereocenters. The van der Waals surface area contributed by atoms with Crippen LogP contribution >= 0.6 is 23.2 Å². The Bertz CT molecular complexity index is 372. The van der Waals surface area contributed by atoms with Gasteiger partial charge >= 0.3 is 0 Å². The van der Waals surface area contributed by atoms with Crippen molar-refractivity contribution in [3.63, 3.8) is 0 Å². The molecule has 0 heterocycles. The molecule has 17 heavy (non-hydrogen) atoms. The Labute approximate surface area is 114 Å². The van der Waals surface area contributed by atoms with Crippen LogP contribution in [-0.4, -0.2) is 6.04 Å². The smallest absolute Gasteiger partial charge is 0.0638 e. The van der Waals surface area contributed by atoms with Crippen molar-refractivity contribution >= 4 is 28.9 Å². The molecule has 0 amide bonds. The molecule has 2 rings (SSSR count). The number of hydrogen-bond acceptors (Lipinski definition) is 1. The van der Waals surface area contributed by atoms with Crippen LogP contribution in [0.3, 0.4) is 0 Å². The van der Waals surface area contributed by atoms with E-state index in [9.17, 15) is 0 Å². The Morgan fingerprint density at radius 1 is 1.18 bits per heavy atom. The Morgan fingerprint density at radius 3 is 2.59 bits per heavy atom. The van der Waals surface area contributed by atoms with Crippen LogP contribution in [0.1, 0.15) is 39.0 Å². The summed E-state index contributed by atoms with van der Waals surface area (Å²) >= 11 is 12.1. The molecule has 1 aromatic rings. The van der Waals surface area contributed by atoms with Crippen LogP contribution in [0.5, 0.6) is 0 Å². The third-order valence-electron chi connectivity index (χ3n) is 3.67. The number of hydrogen-bond donors (Lipinski definition) is 1. The molecule has 0 saturated heterocycles. The lowest BCUT2D eigenvalue weighted by Crippen LogP contribution is -2.27. The zero-order valence-corrected chi connectivity index (χ0v) is 11.7. The zero-order valence-electron chi connectivity index (χ0n) is 10.2. The van der Waals surface area contributed by atoms with Crippen molar-refractivity contribution in [1.82, 2.24) is 0 Å². The van der Waals surface area contributed by atoms with Gasteiger partial charge in [0, 0.05) is 11.1 Å².